The van der Waals surface area contributed by atoms with Crippen LogP contribution in [0.25, 0.3) is 16.3 Å². The molecule has 3 aromatic heterocycles. The van der Waals surface area contributed by atoms with E-state index in [1.54, 1.807) is 16.0 Å². The van der Waals surface area contributed by atoms with Crippen molar-refractivity contribution in [3.63, 3.8) is 0 Å². The summed E-state index contributed by atoms with van der Waals surface area (Å²) in [6.07, 6.45) is 0. The first-order chi connectivity index (χ1) is 14.3. The minimum Gasteiger partial charge on any atom is -0.336 e. The van der Waals surface area contributed by atoms with E-state index in [0.717, 1.165) is 16.3 Å². The van der Waals surface area contributed by atoms with Crippen molar-refractivity contribution in [2.24, 2.45) is 0 Å². The third-order valence-electron chi connectivity index (χ3n) is 4.79. The maximum Gasteiger partial charge on any atom is 0.273 e. The van der Waals surface area contributed by atoms with Crippen LogP contribution in [0.2, 0.25) is 0 Å². The molecule has 4 aromatic rings. The molecule has 0 unspecified atom stereocenters. The minimum absolute atomic E-state index is 0.0231. The highest BCUT2D eigenvalue weighted by molar-refractivity contribution is 7.14. The summed E-state index contributed by atoms with van der Waals surface area (Å²) in [7, 11) is 0. The van der Waals surface area contributed by atoms with Crippen LogP contribution in [0.5, 0.6) is 0 Å². The molecule has 0 radical (unpaired) electrons. The van der Waals surface area contributed by atoms with Crippen molar-refractivity contribution in [3.8, 4) is 16.3 Å². The van der Waals surface area contributed by atoms with Crippen LogP contribution in [-0.4, -0.2) is 62.2 Å². The Labute approximate surface area is 175 Å². The first-order valence-corrected chi connectivity index (χ1v) is 11.0. The third kappa shape index (κ3) is 3.52. The van der Waals surface area contributed by atoms with Gasteiger partial charge in [0.1, 0.15) is 10.7 Å². The number of hydrogen-bond donors (Lipinski definition) is 0. The van der Waals surface area contributed by atoms with Crippen LogP contribution >= 0.6 is 22.7 Å². The Morgan fingerprint density at radius 1 is 1.00 bits per heavy atom. The summed E-state index contributed by atoms with van der Waals surface area (Å²) >= 11 is 3.13. The Balaban J connectivity index is 1.27. The molecule has 4 heterocycles. The van der Waals surface area contributed by atoms with E-state index in [1.807, 2.05) is 57.4 Å². The van der Waals surface area contributed by atoms with Gasteiger partial charge in [-0.1, -0.05) is 23.3 Å². The largest absolute Gasteiger partial charge is 0.336 e. The van der Waals surface area contributed by atoms with Crippen molar-refractivity contribution in [2.45, 2.75) is 0 Å². The predicted octanol–water partition coefficient (Wildman–Crippen LogP) is 2.81. The van der Waals surface area contributed by atoms with Gasteiger partial charge in [-0.15, -0.1) is 11.3 Å². The molecule has 0 atom stereocenters. The Hall–Kier alpha value is -3.11. The van der Waals surface area contributed by atoms with Gasteiger partial charge >= 0.3 is 0 Å². The molecule has 10 heteroatoms. The maximum absolute atomic E-state index is 12.9. The van der Waals surface area contributed by atoms with Gasteiger partial charge in [0, 0.05) is 42.5 Å². The quantitative estimate of drug-likeness (QED) is 0.502. The minimum atomic E-state index is -0.0231. The number of benzene rings is 1. The molecule has 0 N–H and O–H groups in total. The van der Waals surface area contributed by atoms with E-state index >= 15 is 0 Å². The average Bonchev–Trinajstić information content (AvgIpc) is 3.55. The molecule has 29 heavy (non-hydrogen) atoms. The predicted molar refractivity (Wildman–Crippen MR) is 113 cm³/mol. The molecule has 5 rings (SSSR count). The molecule has 1 aliphatic rings. The molecule has 1 aromatic carbocycles. The van der Waals surface area contributed by atoms with Crippen LogP contribution in [0, 0.1) is 0 Å². The van der Waals surface area contributed by atoms with Crippen LogP contribution in [0.3, 0.4) is 0 Å². The zero-order valence-electron chi connectivity index (χ0n) is 15.4. The fourth-order valence-electron chi connectivity index (χ4n) is 3.28. The molecule has 146 valence electrons. The van der Waals surface area contributed by atoms with Gasteiger partial charge in [0.2, 0.25) is 5.95 Å². The molecule has 1 aliphatic heterocycles. The highest BCUT2D eigenvalue weighted by atomic mass is 32.1. The van der Waals surface area contributed by atoms with Crippen molar-refractivity contribution >= 4 is 34.5 Å². The summed E-state index contributed by atoms with van der Waals surface area (Å²) in [5.74, 6) is 0.668. The number of tetrazole rings is 1. The van der Waals surface area contributed by atoms with Gasteiger partial charge in [-0.25, -0.2) is 4.98 Å². The summed E-state index contributed by atoms with van der Waals surface area (Å²) in [5.41, 5.74) is 2.49. The first-order valence-electron chi connectivity index (χ1n) is 9.16. The lowest BCUT2D eigenvalue weighted by Gasteiger charge is -2.34. The monoisotopic (exact) mass is 423 g/mol. The fraction of sp³-hybridized carbons (Fsp3) is 0.211. The average molecular weight is 424 g/mol. The second kappa shape index (κ2) is 7.72. The fourth-order valence-corrected chi connectivity index (χ4v) is 4.78. The van der Waals surface area contributed by atoms with E-state index in [4.69, 9.17) is 0 Å². The molecular weight excluding hydrogens is 406 g/mol. The van der Waals surface area contributed by atoms with Crippen LogP contribution in [0.4, 0.5) is 5.95 Å². The van der Waals surface area contributed by atoms with Crippen LogP contribution in [0.15, 0.2) is 52.5 Å². The summed E-state index contributed by atoms with van der Waals surface area (Å²) in [6.45, 7) is 2.54. The van der Waals surface area contributed by atoms with Gasteiger partial charge in [0.15, 0.2) is 0 Å². The molecule has 0 aliphatic carbocycles. The molecule has 0 spiro atoms. The molecular formula is C19H17N7OS2. The van der Waals surface area contributed by atoms with Crippen LogP contribution < -0.4 is 4.90 Å². The number of anilines is 1. The number of rotatable bonds is 4. The normalized spacial score (nSPS) is 14.3. The Kier molecular flexibility index (Phi) is 4.78. The summed E-state index contributed by atoms with van der Waals surface area (Å²) < 4.78 is 1.73. The van der Waals surface area contributed by atoms with E-state index in [1.165, 1.54) is 11.3 Å². The number of hydrogen-bond acceptors (Lipinski definition) is 8. The molecule has 8 nitrogen and oxygen atoms in total. The zero-order chi connectivity index (χ0) is 19.6. The van der Waals surface area contributed by atoms with Gasteiger partial charge in [0.05, 0.1) is 5.69 Å². The van der Waals surface area contributed by atoms with Crippen molar-refractivity contribution in [1.29, 1.82) is 0 Å². The van der Waals surface area contributed by atoms with Gasteiger partial charge in [-0.2, -0.15) is 16.0 Å². The maximum atomic E-state index is 12.9. The lowest BCUT2D eigenvalue weighted by Crippen LogP contribution is -2.49. The molecule has 1 amide bonds. The molecule has 0 saturated carbocycles. The van der Waals surface area contributed by atoms with E-state index in [2.05, 4.69) is 25.4 Å². The van der Waals surface area contributed by atoms with E-state index in [9.17, 15) is 4.79 Å². The van der Waals surface area contributed by atoms with Crippen molar-refractivity contribution < 1.29 is 4.79 Å². The standard InChI is InChI=1S/C19H17N7OS2/c27-18(16-13-29-17(20-16)14-6-11-28-12-14)24-7-9-25(10-8-24)19-21-22-23-26(19)15-4-2-1-3-5-15/h1-6,11-13H,7-10H2. The molecule has 1 fully saturated rings. The zero-order valence-corrected chi connectivity index (χ0v) is 17.0. The van der Waals surface area contributed by atoms with Gasteiger partial charge in [-0.05, 0) is 34.0 Å². The number of piperazine rings is 1. The van der Waals surface area contributed by atoms with Gasteiger partial charge < -0.3 is 9.80 Å². The topological polar surface area (TPSA) is 80.0 Å². The second-order valence-electron chi connectivity index (χ2n) is 6.56. The Bertz CT molecular complexity index is 1100. The molecule has 0 bridgehead atoms. The number of carbonyl (C=O) groups is 1. The number of amides is 1. The van der Waals surface area contributed by atoms with Crippen LogP contribution in [-0.2, 0) is 0 Å². The smallest absolute Gasteiger partial charge is 0.273 e. The lowest BCUT2D eigenvalue weighted by atomic mass is 10.3. The summed E-state index contributed by atoms with van der Waals surface area (Å²) in [6, 6.07) is 11.8. The SMILES string of the molecule is O=C(c1csc(-c2ccsc2)n1)N1CCN(c2nnnn2-c2ccccc2)CC1. The highest BCUT2D eigenvalue weighted by Gasteiger charge is 2.26. The number of aromatic nitrogens is 5. The lowest BCUT2D eigenvalue weighted by molar-refractivity contribution is 0.0741. The van der Waals surface area contributed by atoms with Crippen molar-refractivity contribution in [1.82, 2.24) is 30.1 Å². The van der Waals surface area contributed by atoms with Crippen molar-refractivity contribution in [2.75, 3.05) is 31.1 Å². The Morgan fingerprint density at radius 2 is 1.83 bits per heavy atom. The van der Waals surface area contributed by atoms with Gasteiger partial charge in [0.25, 0.3) is 5.91 Å². The van der Waals surface area contributed by atoms with E-state index < -0.39 is 0 Å². The van der Waals surface area contributed by atoms with Gasteiger partial charge in [-0.3, -0.25) is 4.79 Å². The highest BCUT2D eigenvalue weighted by Crippen LogP contribution is 2.26. The number of para-hydroxylation sites is 1. The third-order valence-corrected chi connectivity index (χ3v) is 6.37. The van der Waals surface area contributed by atoms with E-state index in [0.29, 0.717) is 37.8 Å². The van der Waals surface area contributed by atoms with Crippen molar-refractivity contribution in [3.05, 3.63) is 58.2 Å². The summed E-state index contributed by atoms with van der Waals surface area (Å²) in [4.78, 5) is 21.4. The number of thiazole rings is 1. The summed E-state index contributed by atoms with van der Waals surface area (Å²) in [5, 5.41) is 18.9. The molecule has 1 saturated heterocycles. The van der Waals surface area contributed by atoms with E-state index in [-0.39, 0.29) is 5.91 Å². The number of thiophene rings is 1. The van der Waals surface area contributed by atoms with Crippen LogP contribution in [0.1, 0.15) is 10.5 Å². The Morgan fingerprint density at radius 3 is 2.59 bits per heavy atom. The number of nitrogens with zero attached hydrogens (tertiary/aromatic N) is 7. The number of carbonyl (C=O) groups excluding carboxylic acids is 1. The second-order valence-corrected chi connectivity index (χ2v) is 8.19. The first kappa shape index (κ1) is 18.0.